The first-order valence-corrected chi connectivity index (χ1v) is 10.8. The number of hydrogen-bond acceptors (Lipinski definition) is 6. The van der Waals surface area contributed by atoms with Crippen LogP contribution >= 0.6 is 11.6 Å². The lowest BCUT2D eigenvalue weighted by Crippen LogP contribution is -2.47. The number of piperidine rings is 1. The zero-order valence-corrected chi connectivity index (χ0v) is 18.4. The van der Waals surface area contributed by atoms with E-state index in [4.69, 9.17) is 27.8 Å². The topological polar surface area (TPSA) is 90.3 Å². The molecule has 1 aliphatic rings. The SMILES string of the molecule is CC1CC(COc2cccc3nc(N)nc(N)c23)CC(C)N1Cc1c(F)cccc1Cl. The number of anilines is 2. The highest BCUT2D eigenvalue weighted by Gasteiger charge is 2.32. The number of nitrogen functional groups attached to an aromatic ring is 2. The molecule has 6 nitrogen and oxygen atoms in total. The molecule has 8 heteroatoms. The predicted molar refractivity (Wildman–Crippen MR) is 122 cm³/mol. The van der Waals surface area contributed by atoms with Crippen molar-refractivity contribution in [2.24, 2.45) is 5.92 Å². The molecule has 1 aliphatic heterocycles. The zero-order chi connectivity index (χ0) is 22.1. The summed E-state index contributed by atoms with van der Waals surface area (Å²) in [6.07, 6.45) is 1.89. The fourth-order valence-electron chi connectivity index (χ4n) is 4.61. The minimum atomic E-state index is -0.256. The molecule has 1 aromatic heterocycles. The van der Waals surface area contributed by atoms with E-state index in [2.05, 4.69) is 28.7 Å². The molecule has 1 saturated heterocycles. The van der Waals surface area contributed by atoms with E-state index in [1.807, 2.05) is 18.2 Å². The first kappa shape index (κ1) is 21.6. The zero-order valence-electron chi connectivity index (χ0n) is 17.7. The highest BCUT2D eigenvalue weighted by Crippen LogP contribution is 2.34. The van der Waals surface area contributed by atoms with E-state index in [1.54, 1.807) is 12.1 Å². The highest BCUT2D eigenvalue weighted by atomic mass is 35.5. The van der Waals surface area contributed by atoms with E-state index in [0.29, 0.717) is 52.1 Å². The third-order valence-electron chi connectivity index (χ3n) is 6.09. The van der Waals surface area contributed by atoms with Crippen LogP contribution in [0.25, 0.3) is 10.9 Å². The van der Waals surface area contributed by atoms with Gasteiger partial charge in [-0.3, -0.25) is 4.90 Å². The largest absolute Gasteiger partial charge is 0.492 e. The van der Waals surface area contributed by atoms with Gasteiger partial charge in [-0.15, -0.1) is 0 Å². The number of ether oxygens (including phenoxy) is 1. The summed E-state index contributed by atoms with van der Waals surface area (Å²) >= 11 is 6.25. The summed E-state index contributed by atoms with van der Waals surface area (Å²) in [5.41, 5.74) is 13.0. The van der Waals surface area contributed by atoms with Gasteiger partial charge in [-0.2, -0.15) is 4.98 Å². The van der Waals surface area contributed by atoms with Gasteiger partial charge in [0.25, 0.3) is 0 Å². The van der Waals surface area contributed by atoms with Crippen LogP contribution in [0.2, 0.25) is 5.02 Å². The minimum Gasteiger partial charge on any atom is -0.492 e. The van der Waals surface area contributed by atoms with Crippen molar-refractivity contribution in [1.82, 2.24) is 14.9 Å². The number of halogens is 2. The van der Waals surface area contributed by atoms with Crippen molar-refractivity contribution in [2.45, 2.75) is 45.3 Å². The smallest absolute Gasteiger partial charge is 0.222 e. The van der Waals surface area contributed by atoms with Gasteiger partial charge in [-0.1, -0.05) is 23.7 Å². The summed E-state index contributed by atoms with van der Waals surface area (Å²) in [4.78, 5) is 10.6. The second-order valence-corrected chi connectivity index (χ2v) is 8.74. The molecule has 0 saturated carbocycles. The number of nitrogens with zero attached hydrogens (tertiary/aromatic N) is 3. The van der Waals surface area contributed by atoms with Gasteiger partial charge >= 0.3 is 0 Å². The van der Waals surface area contributed by atoms with Crippen molar-refractivity contribution in [2.75, 3.05) is 18.1 Å². The van der Waals surface area contributed by atoms with Gasteiger partial charge in [-0.05, 0) is 56.9 Å². The van der Waals surface area contributed by atoms with Gasteiger partial charge in [-0.25, -0.2) is 9.37 Å². The lowest BCUT2D eigenvalue weighted by molar-refractivity contribution is 0.0449. The summed E-state index contributed by atoms with van der Waals surface area (Å²) in [7, 11) is 0. The summed E-state index contributed by atoms with van der Waals surface area (Å²) in [6.45, 7) is 5.40. The molecular weight excluding hydrogens is 417 g/mol. The molecule has 2 aromatic carbocycles. The number of rotatable bonds is 5. The molecule has 0 amide bonds. The Labute approximate surface area is 186 Å². The highest BCUT2D eigenvalue weighted by molar-refractivity contribution is 6.31. The van der Waals surface area contributed by atoms with Crippen LogP contribution in [-0.2, 0) is 6.54 Å². The first-order chi connectivity index (χ1) is 14.8. The molecule has 2 unspecified atom stereocenters. The predicted octanol–water partition coefficient (Wildman–Crippen LogP) is 4.65. The molecule has 2 heterocycles. The Balaban J connectivity index is 1.44. The van der Waals surface area contributed by atoms with Crippen LogP contribution in [0.5, 0.6) is 5.75 Å². The number of fused-ring (bicyclic) bond motifs is 1. The van der Waals surface area contributed by atoms with Gasteiger partial charge in [0.1, 0.15) is 17.4 Å². The summed E-state index contributed by atoms with van der Waals surface area (Å²) in [5.74, 6) is 1.23. The van der Waals surface area contributed by atoms with Crippen LogP contribution in [0.3, 0.4) is 0 Å². The molecule has 164 valence electrons. The fourth-order valence-corrected chi connectivity index (χ4v) is 4.83. The van der Waals surface area contributed by atoms with Crippen molar-refractivity contribution in [3.63, 3.8) is 0 Å². The Morgan fingerprint density at radius 1 is 1.10 bits per heavy atom. The van der Waals surface area contributed by atoms with E-state index < -0.39 is 0 Å². The number of hydrogen-bond donors (Lipinski definition) is 2. The molecule has 4 N–H and O–H groups in total. The number of aromatic nitrogens is 2. The van der Waals surface area contributed by atoms with Crippen molar-refractivity contribution < 1.29 is 9.13 Å². The maximum Gasteiger partial charge on any atom is 0.222 e. The van der Waals surface area contributed by atoms with Gasteiger partial charge in [0, 0.05) is 29.2 Å². The fraction of sp³-hybridized carbons (Fsp3) is 0.391. The molecule has 0 spiro atoms. The van der Waals surface area contributed by atoms with Gasteiger partial charge in [0.2, 0.25) is 5.95 Å². The molecule has 0 aliphatic carbocycles. The summed E-state index contributed by atoms with van der Waals surface area (Å²) < 4.78 is 20.4. The lowest BCUT2D eigenvalue weighted by atomic mass is 9.87. The van der Waals surface area contributed by atoms with Crippen LogP contribution in [0, 0.1) is 11.7 Å². The van der Waals surface area contributed by atoms with E-state index >= 15 is 0 Å². The molecule has 2 atom stereocenters. The lowest BCUT2D eigenvalue weighted by Gasteiger charge is -2.42. The molecule has 3 aromatic rings. The van der Waals surface area contributed by atoms with Gasteiger partial charge in [0.15, 0.2) is 0 Å². The van der Waals surface area contributed by atoms with E-state index in [1.165, 1.54) is 6.07 Å². The maximum absolute atomic E-state index is 14.3. The minimum absolute atomic E-state index is 0.145. The quantitative estimate of drug-likeness (QED) is 0.596. The molecule has 31 heavy (non-hydrogen) atoms. The molecular formula is C23H27ClFN5O. The van der Waals surface area contributed by atoms with Crippen LogP contribution in [0.15, 0.2) is 36.4 Å². The Kier molecular flexibility index (Phi) is 6.16. The van der Waals surface area contributed by atoms with E-state index in [0.717, 1.165) is 12.8 Å². The Morgan fingerprint density at radius 3 is 2.52 bits per heavy atom. The second-order valence-electron chi connectivity index (χ2n) is 8.34. The van der Waals surface area contributed by atoms with E-state index in [-0.39, 0.29) is 23.8 Å². The number of nitrogens with two attached hydrogens (primary N) is 2. The van der Waals surface area contributed by atoms with Crippen molar-refractivity contribution in [3.05, 3.63) is 52.8 Å². The Morgan fingerprint density at radius 2 is 1.81 bits per heavy atom. The second kappa shape index (κ2) is 8.85. The van der Waals surface area contributed by atoms with Gasteiger partial charge < -0.3 is 16.2 Å². The molecule has 4 rings (SSSR count). The Hall–Kier alpha value is -2.64. The van der Waals surface area contributed by atoms with Gasteiger partial charge in [0.05, 0.1) is 17.5 Å². The van der Waals surface area contributed by atoms with Crippen LogP contribution in [0.1, 0.15) is 32.3 Å². The number of likely N-dealkylation sites (tertiary alicyclic amines) is 1. The van der Waals surface area contributed by atoms with Crippen molar-refractivity contribution >= 4 is 34.3 Å². The van der Waals surface area contributed by atoms with Crippen molar-refractivity contribution in [3.8, 4) is 5.75 Å². The molecule has 0 bridgehead atoms. The van der Waals surface area contributed by atoms with Crippen molar-refractivity contribution in [1.29, 1.82) is 0 Å². The van der Waals surface area contributed by atoms with Crippen LogP contribution in [0.4, 0.5) is 16.2 Å². The van der Waals surface area contributed by atoms with Crippen LogP contribution < -0.4 is 16.2 Å². The standard InChI is InChI=1S/C23H27ClFN5O/c1-13-9-15(10-14(2)30(13)11-16-17(24)5-3-6-18(16)25)12-31-20-8-4-7-19-21(20)22(26)29-23(27)28-19/h3-8,13-15H,9-12H2,1-2H3,(H4,26,27,28,29). The van der Waals surface area contributed by atoms with Crippen LogP contribution in [-0.4, -0.2) is 33.6 Å². The number of benzene rings is 2. The first-order valence-electron chi connectivity index (χ1n) is 10.5. The monoisotopic (exact) mass is 443 g/mol. The summed E-state index contributed by atoms with van der Waals surface area (Å²) in [5, 5.41) is 1.16. The van der Waals surface area contributed by atoms with E-state index in [9.17, 15) is 4.39 Å². The summed E-state index contributed by atoms with van der Waals surface area (Å²) in [6, 6.07) is 11.0. The maximum atomic E-state index is 14.3. The normalized spacial score (nSPS) is 22.0. The average Bonchev–Trinajstić information content (AvgIpc) is 2.70. The third kappa shape index (κ3) is 4.52. The Bertz CT molecular complexity index is 1060. The molecule has 0 radical (unpaired) electrons. The average molecular weight is 444 g/mol. The molecule has 1 fully saturated rings. The third-order valence-corrected chi connectivity index (χ3v) is 6.44.